The Kier molecular flexibility index (Phi) is 7.53. The molecule has 0 heterocycles. The number of hydrogen-bond acceptors (Lipinski definition) is 5. The number of carboxylic acids is 1. The summed E-state index contributed by atoms with van der Waals surface area (Å²) in [6.45, 7) is 0.286. The van der Waals surface area contributed by atoms with Gasteiger partial charge in [-0.1, -0.05) is 36.4 Å². The number of benzene rings is 2. The number of carboxylic acid groups (broad SMARTS) is 1. The minimum atomic E-state index is -1.20. The zero-order valence-electron chi connectivity index (χ0n) is 15.1. The molecule has 2 amide bonds. The summed E-state index contributed by atoms with van der Waals surface area (Å²) < 4.78 is 0. The van der Waals surface area contributed by atoms with Crippen molar-refractivity contribution in [1.29, 1.82) is 0 Å². The Labute approximate surface area is 161 Å². The summed E-state index contributed by atoms with van der Waals surface area (Å²) in [7, 11) is 0. The van der Waals surface area contributed by atoms with E-state index in [1.54, 1.807) is 12.1 Å². The van der Waals surface area contributed by atoms with Crippen molar-refractivity contribution < 1.29 is 29.8 Å². The van der Waals surface area contributed by atoms with Crippen LogP contribution in [-0.4, -0.2) is 39.7 Å². The van der Waals surface area contributed by atoms with Gasteiger partial charge in [0.15, 0.2) is 0 Å². The van der Waals surface area contributed by atoms with Crippen LogP contribution in [0.5, 0.6) is 5.75 Å². The van der Waals surface area contributed by atoms with Gasteiger partial charge in [0.2, 0.25) is 11.8 Å². The van der Waals surface area contributed by atoms with Gasteiger partial charge in [0, 0.05) is 13.0 Å². The lowest BCUT2D eigenvalue weighted by Crippen LogP contribution is -2.36. The van der Waals surface area contributed by atoms with Gasteiger partial charge in [-0.2, -0.15) is 0 Å². The van der Waals surface area contributed by atoms with E-state index in [1.165, 1.54) is 5.48 Å². The van der Waals surface area contributed by atoms with E-state index in [0.717, 1.165) is 16.7 Å². The van der Waals surface area contributed by atoms with Gasteiger partial charge in [-0.25, -0.2) is 5.48 Å². The molecule has 8 nitrogen and oxygen atoms in total. The lowest BCUT2D eigenvalue weighted by Gasteiger charge is -2.14. The zero-order chi connectivity index (χ0) is 20.5. The molecular weight excluding hydrogens is 364 g/mol. The zero-order valence-corrected chi connectivity index (χ0v) is 15.1. The normalized spacial score (nSPS) is 11.5. The van der Waals surface area contributed by atoms with Gasteiger partial charge in [-0.15, -0.1) is 0 Å². The summed E-state index contributed by atoms with van der Waals surface area (Å²) in [5.74, 6) is -3.41. The fourth-order valence-electron chi connectivity index (χ4n) is 2.73. The van der Waals surface area contributed by atoms with E-state index in [4.69, 9.17) is 10.3 Å². The first-order valence-electron chi connectivity index (χ1n) is 8.70. The molecular formula is C20H22N2O6. The molecule has 1 unspecified atom stereocenters. The second-order valence-electron chi connectivity index (χ2n) is 6.32. The van der Waals surface area contributed by atoms with Gasteiger partial charge in [-0.3, -0.25) is 19.6 Å². The fraction of sp³-hybridized carbons (Fsp3) is 0.250. The van der Waals surface area contributed by atoms with Crippen LogP contribution in [0, 0.1) is 5.92 Å². The Hall–Kier alpha value is -3.39. The third kappa shape index (κ3) is 6.40. The Morgan fingerprint density at radius 1 is 0.893 bits per heavy atom. The number of hydrogen-bond donors (Lipinski definition) is 5. The van der Waals surface area contributed by atoms with Crippen LogP contribution in [0.15, 0.2) is 48.5 Å². The molecule has 148 valence electrons. The van der Waals surface area contributed by atoms with E-state index >= 15 is 0 Å². The van der Waals surface area contributed by atoms with Gasteiger partial charge < -0.3 is 15.5 Å². The second-order valence-corrected chi connectivity index (χ2v) is 6.32. The van der Waals surface area contributed by atoms with Gasteiger partial charge in [0.05, 0.1) is 12.3 Å². The standard InChI is InChI=1S/C20H22N2O6/c23-17-7-5-15(6-8-17)14-3-1-13(2-4-14)9-10-21-20(27)16(12-19(25)26)11-18(24)22-28/h1-8,16,23,28H,9-12H2,(H,21,27)(H,22,24)(H,25,26). The summed E-state index contributed by atoms with van der Waals surface area (Å²) in [5.41, 5.74) is 4.34. The Morgan fingerprint density at radius 3 is 2.00 bits per heavy atom. The van der Waals surface area contributed by atoms with Crippen molar-refractivity contribution in [3.05, 3.63) is 54.1 Å². The maximum Gasteiger partial charge on any atom is 0.304 e. The highest BCUT2D eigenvalue weighted by Gasteiger charge is 2.24. The van der Waals surface area contributed by atoms with Crippen LogP contribution in [0.1, 0.15) is 18.4 Å². The molecule has 2 aromatic rings. The molecule has 1 atom stereocenters. The summed E-state index contributed by atoms with van der Waals surface area (Å²) in [5, 5.41) is 29.4. The molecule has 0 bridgehead atoms. The first-order chi connectivity index (χ1) is 13.4. The van der Waals surface area contributed by atoms with Crippen molar-refractivity contribution in [2.75, 3.05) is 6.54 Å². The minimum absolute atomic E-state index is 0.203. The average Bonchev–Trinajstić information content (AvgIpc) is 2.68. The molecule has 0 aliphatic rings. The Balaban J connectivity index is 1.88. The van der Waals surface area contributed by atoms with Crippen molar-refractivity contribution >= 4 is 17.8 Å². The number of phenolic OH excluding ortho intramolecular Hbond substituents is 1. The molecule has 0 aliphatic carbocycles. The van der Waals surface area contributed by atoms with Crippen LogP contribution in [0.3, 0.4) is 0 Å². The van der Waals surface area contributed by atoms with E-state index in [-0.39, 0.29) is 12.3 Å². The third-order valence-corrected chi connectivity index (χ3v) is 4.22. The Morgan fingerprint density at radius 2 is 1.46 bits per heavy atom. The van der Waals surface area contributed by atoms with Crippen molar-refractivity contribution in [3.63, 3.8) is 0 Å². The minimum Gasteiger partial charge on any atom is -0.508 e. The number of aromatic hydroxyl groups is 1. The van der Waals surface area contributed by atoms with Crippen LogP contribution >= 0.6 is 0 Å². The SMILES string of the molecule is O=C(O)CC(CC(=O)NO)C(=O)NCCc1ccc(-c2ccc(O)cc2)cc1. The molecule has 28 heavy (non-hydrogen) atoms. The number of phenols is 1. The van der Waals surface area contributed by atoms with Gasteiger partial charge >= 0.3 is 5.97 Å². The van der Waals surface area contributed by atoms with Crippen molar-refractivity contribution in [3.8, 4) is 16.9 Å². The molecule has 0 aromatic heterocycles. The van der Waals surface area contributed by atoms with Gasteiger partial charge in [0.25, 0.3) is 0 Å². The summed E-state index contributed by atoms with van der Waals surface area (Å²) in [4.78, 5) is 34.2. The van der Waals surface area contributed by atoms with Crippen molar-refractivity contribution in [2.45, 2.75) is 19.3 Å². The second kappa shape index (κ2) is 10.1. The van der Waals surface area contributed by atoms with Crippen molar-refractivity contribution in [1.82, 2.24) is 10.8 Å². The largest absolute Gasteiger partial charge is 0.508 e. The molecule has 2 aromatic carbocycles. The molecule has 0 radical (unpaired) electrons. The molecule has 0 saturated carbocycles. The smallest absolute Gasteiger partial charge is 0.304 e. The molecule has 0 aliphatic heterocycles. The van der Waals surface area contributed by atoms with Crippen LogP contribution in [0.2, 0.25) is 0 Å². The summed E-state index contributed by atoms with van der Waals surface area (Å²) in [6, 6.07) is 14.6. The van der Waals surface area contributed by atoms with Gasteiger partial charge in [-0.05, 0) is 35.2 Å². The molecule has 0 fully saturated rings. The molecule has 0 saturated heterocycles. The Bertz CT molecular complexity index is 818. The monoisotopic (exact) mass is 386 g/mol. The lowest BCUT2D eigenvalue weighted by molar-refractivity contribution is -0.142. The maximum atomic E-state index is 12.1. The summed E-state index contributed by atoms with van der Waals surface area (Å²) in [6.07, 6.45) is -0.371. The number of rotatable bonds is 9. The molecule has 5 N–H and O–H groups in total. The van der Waals surface area contributed by atoms with E-state index in [0.29, 0.717) is 6.42 Å². The number of aliphatic carboxylic acids is 1. The summed E-state index contributed by atoms with van der Waals surface area (Å²) >= 11 is 0. The van der Waals surface area contributed by atoms with Crippen LogP contribution < -0.4 is 10.8 Å². The fourth-order valence-corrected chi connectivity index (χ4v) is 2.73. The average molecular weight is 386 g/mol. The molecule has 8 heteroatoms. The highest BCUT2D eigenvalue weighted by atomic mass is 16.5. The number of carbonyl (C=O) groups excluding carboxylic acids is 2. The first kappa shape index (κ1) is 20.9. The van der Waals surface area contributed by atoms with E-state index < -0.39 is 36.5 Å². The quantitative estimate of drug-likeness (QED) is 0.329. The number of hydroxylamine groups is 1. The molecule has 2 rings (SSSR count). The van der Waals surface area contributed by atoms with Gasteiger partial charge in [0.1, 0.15) is 5.75 Å². The lowest BCUT2D eigenvalue weighted by atomic mass is 9.99. The van der Waals surface area contributed by atoms with Crippen LogP contribution in [-0.2, 0) is 20.8 Å². The van der Waals surface area contributed by atoms with E-state index in [9.17, 15) is 19.5 Å². The third-order valence-electron chi connectivity index (χ3n) is 4.22. The highest BCUT2D eigenvalue weighted by Crippen LogP contribution is 2.22. The first-order valence-corrected chi connectivity index (χ1v) is 8.70. The highest BCUT2D eigenvalue weighted by molar-refractivity contribution is 5.88. The predicted molar refractivity (Wildman–Crippen MR) is 101 cm³/mol. The topological polar surface area (TPSA) is 136 Å². The van der Waals surface area contributed by atoms with Crippen LogP contribution in [0.4, 0.5) is 0 Å². The number of nitrogens with one attached hydrogen (secondary N) is 2. The maximum absolute atomic E-state index is 12.1. The van der Waals surface area contributed by atoms with E-state index in [1.807, 2.05) is 36.4 Å². The van der Waals surface area contributed by atoms with E-state index in [2.05, 4.69) is 5.32 Å². The predicted octanol–water partition coefficient (Wildman–Crippen LogP) is 1.70. The van der Waals surface area contributed by atoms with Crippen LogP contribution in [0.25, 0.3) is 11.1 Å². The number of carbonyl (C=O) groups is 3. The van der Waals surface area contributed by atoms with Crippen molar-refractivity contribution in [2.24, 2.45) is 5.92 Å². The number of amides is 2. The molecule has 0 spiro atoms.